The van der Waals surface area contributed by atoms with E-state index in [0.717, 1.165) is 5.39 Å². The molecule has 1 fully saturated rings. The number of rotatable bonds is 3. The fourth-order valence-corrected chi connectivity index (χ4v) is 2.55. The number of hydrogen-bond donors (Lipinski definition) is 3. The zero-order valence-corrected chi connectivity index (χ0v) is 12.7. The van der Waals surface area contributed by atoms with Gasteiger partial charge in [0.2, 0.25) is 0 Å². The van der Waals surface area contributed by atoms with E-state index in [2.05, 4.69) is 10.6 Å². The van der Waals surface area contributed by atoms with Crippen LogP contribution < -0.4 is 10.6 Å². The minimum atomic E-state index is -0.412. The summed E-state index contributed by atoms with van der Waals surface area (Å²) in [6.07, 6.45) is -0.412. The quantitative estimate of drug-likeness (QED) is 0.802. The van der Waals surface area contributed by atoms with Crippen LogP contribution in [0.25, 0.3) is 11.0 Å². The number of β-amino-alcohol motifs (C(OH)–C–C–N with tert-alkyl or cyclic N) is 1. The number of fused-ring (bicyclic) bond motifs is 1. The van der Waals surface area contributed by atoms with E-state index in [9.17, 15) is 9.90 Å². The van der Waals surface area contributed by atoms with Gasteiger partial charge in [-0.05, 0) is 24.3 Å². The Morgan fingerprint density at radius 1 is 1.43 bits per heavy atom. The number of halogens is 2. The van der Waals surface area contributed by atoms with Crippen molar-refractivity contribution in [1.29, 1.82) is 0 Å². The molecule has 114 valence electrons. The first kappa shape index (κ1) is 16.1. The van der Waals surface area contributed by atoms with Crippen LogP contribution in [-0.4, -0.2) is 36.8 Å². The van der Waals surface area contributed by atoms with Gasteiger partial charge < -0.3 is 20.2 Å². The van der Waals surface area contributed by atoms with Crippen molar-refractivity contribution in [3.05, 3.63) is 35.0 Å². The van der Waals surface area contributed by atoms with E-state index in [1.54, 1.807) is 24.3 Å². The Bertz CT molecular complexity index is 644. The first-order valence-corrected chi connectivity index (χ1v) is 6.87. The summed E-state index contributed by atoms with van der Waals surface area (Å²) in [7, 11) is 0. The lowest BCUT2D eigenvalue weighted by Gasteiger charge is -2.13. The molecule has 0 saturated carbocycles. The molecule has 1 aliphatic heterocycles. The number of benzene rings is 1. The molecule has 5 nitrogen and oxygen atoms in total. The minimum absolute atomic E-state index is 0. The smallest absolute Gasteiger partial charge is 0.287 e. The number of carbonyl (C=O) groups excluding carboxylic acids is 1. The van der Waals surface area contributed by atoms with E-state index < -0.39 is 6.10 Å². The van der Waals surface area contributed by atoms with E-state index in [-0.39, 0.29) is 30.0 Å². The van der Waals surface area contributed by atoms with E-state index in [1.165, 1.54) is 0 Å². The SMILES string of the molecule is Cl.O=C(NCC1CNCC1O)c1cc2cc(Cl)ccc2o1. The number of carbonyl (C=O) groups is 1. The van der Waals surface area contributed by atoms with Crippen LogP contribution in [0.2, 0.25) is 5.02 Å². The molecular weight excluding hydrogens is 315 g/mol. The highest BCUT2D eigenvalue weighted by atomic mass is 35.5. The lowest BCUT2D eigenvalue weighted by molar-refractivity contribution is 0.0902. The van der Waals surface area contributed by atoms with Crippen molar-refractivity contribution < 1.29 is 14.3 Å². The van der Waals surface area contributed by atoms with Gasteiger partial charge in [-0.15, -0.1) is 12.4 Å². The summed E-state index contributed by atoms with van der Waals surface area (Å²) < 4.78 is 5.48. The average molecular weight is 331 g/mol. The Morgan fingerprint density at radius 2 is 2.24 bits per heavy atom. The van der Waals surface area contributed by atoms with Crippen LogP contribution in [0.4, 0.5) is 0 Å². The number of furan rings is 1. The maximum Gasteiger partial charge on any atom is 0.287 e. The minimum Gasteiger partial charge on any atom is -0.451 e. The van der Waals surface area contributed by atoms with Gasteiger partial charge in [0.25, 0.3) is 5.91 Å². The molecule has 3 rings (SSSR count). The highest BCUT2D eigenvalue weighted by Gasteiger charge is 2.25. The molecule has 2 heterocycles. The predicted molar refractivity (Wildman–Crippen MR) is 83.2 cm³/mol. The number of aliphatic hydroxyl groups is 1. The van der Waals surface area contributed by atoms with Crippen LogP contribution in [0.3, 0.4) is 0 Å². The molecule has 2 unspecified atom stereocenters. The second-order valence-corrected chi connectivity index (χ2v) is 5.42. The van der Waals surface area contributed by atoms with Crippen molar-refractivity contribution in [3.63, 3.8) is 0 Å². The molecular formula is C14H16Cl2N2O3. The van der Waals surface area contributed by atoms with Gasteiger partial charge in [-0.1, -0.05) is 11.6 Å². The molecule has 2 aromatic rings. The third-order valence-electron chi connectivity index (χ3n) is 3.53. The molecule has 0 radical (unpaired) electrons. The third kappa shape index (κ3) is 3.49. The Morgan fingerprint density at radius 3 is 2.95 bits per heavy atom. The lowest BCUT2D eigenvalue weighted by Crippen LogP contribution is -2.34. The van der Waals surface area contributed by atoms with Gasteiger partial charge in [-0.2, -0.15) is 0 Å². The van der Waals surface area contributed by atoms with Crippen molar-refractivity contribution >= 4 is 40.9 Å². The Balaban J connectivity index is 0.00000161. The molecule has 2 atom stereocenters. The Hall–Kier alpha value is -1.27. The Kier molecular flexibility index (Phi) is 5.11. The fourth-order valence-electron chi connectivity index (χ4n) is 2.36. The van der Waals surface area contributed by atoms with E-state index >= 15 is 0 Å². The first-order chi connectivity index (χ1) is 9.63. The van der Waals surface area contributed by atoms with Gasteiger partial charge in [0, 0.05) is 36.0 Å². The maximum absolute atomic E-state index is 12.0. The zero-order valence-electron chi connectivity index (χ0n) is 11.1. The molecule has 3 N–H and O–H groups in total. The summed E-state index contributed by atoms with van der Waals surface area (Å²) >= 11 is 5.89. The van der Waals surface area contributed by atoms with E-state index in [1.807, 2.05) is 0 Å². The van der Waals surface area contributed by atoms with Crippen LogP contribution in [0.15, 0.2) is 28.7 Å². The normalized spacial score (nSPS) is 21.2. The van der Waals surface area contributed by atoms with Gasteiger partial charge in [0.15, 0.2) is 5.76 Å². The largest absolute Gasteiger partial charge is 0.451 e. The molecule has 7 heteroatoms. The lowest BCUT2D eigenvalue weighted by atomic mass is 10.1. The fraction of sp³-hybridized carbons (Fsp3) is 0.357. The predicted octanol–water partition coefficient (Wildman–Crippen LogP) is 1.82. The molecule has 1 saturated heterocycles. The molecule has 1 aromatic carbocycles. The van der Waals surface area contributed by atoms with Crippen LogP contribution in [0.5, 0.6) is 0 Å². The summed E-state index contributed by atoms with van der Waals surface area (Å²) in [5, 5.41) is 16.9. The molecule has 0 aliphatic carbocycles. The number of amides is 1. The van der Waals surface area contributed by atoms with Gasteiger partial charge in [-0.25, -0.2) is 0 Å². The van der Waals surface area contributed by atoms with Crippen molar-refractivity contribution in [3.8, 4) is 0 Å². The monoisotopic (exact) mass is 330 g/mol. The van der Waals surface area contributed by atoms with Crippen molar-refractivity contribution in [2.75, 3.05) is 19.6 Å². The molecule has 1 amide bonds. The summed E-state index contributed by atoms with van der Waals surface area (Å²) in [4.78, 5) is 12.0. The van der Waals surface area contributed by atoms with Crippen LogP contribution in [0.1, 0.15) is 10.6 Å². The topological polar surface area (TPSA) is 74.5 Å². The highest BCUT2D eigenvalue weighted by Crippen LogP contribution is 2.23. The summed E-state index contributed by atoms with van der Waals surface area (Å²) in [5.74, 6) is 0.0110. The van der Waals surface area contributed by atoms with Crippen LogP contribution >= 0.6 is 24.0 Å². The third-order valence-corrected chi connectivity index (χ3v) is 3.77. The molecule has 0 bridgehead atoms. The molecule has 21 heavy (non-hydrogen) atoms. The second kappa shape index (κ2) is 6.66. The number of aliphatic hydroxyl groups excluding tert-OH is 1. The summed E-state index contributed by atoms with van der Waals surface area (Å²) in [6, 6.07) is 6.87. The van der Waals surface area contributed by atoms with Crippen molar-refractivity contribution in [2.24, 2.45) is 5.92 Å². The summed E-state index contributed by atoms with van der Waals surface area (Å²) in [5.41, 5.74) is 0.627. The van der Waals surface area contributed by atoms with Crippen LogP contribution in [0, 0.1) is 5.92 Å². The van der Waals surface area contributed by atoms with E-state index in [4.69, 9.17) is 16.0 Å². The van der Waals surface area contributed by atoms with Gasteiger partial charge in [0.05, 0.1) is 6.10 Å². The van der Waals surface area contributed by atoms with Gasteiger partial charge in [-0.3, -0.25) is 4.79 Å². The summed E-state index contributed by atoms with van der Waals surface area (Å²) in [6.45, 7) is 1.70. The highest BCUT2D eigenvalue weighted by molar-refractivity contribution is 6.31. The second-order valence-electron chi connectivity index (χ2n) is 4.99. The molecule has 0 spiro atoms. The van der Waals surface area contributed by atoms with Crippen LogP contribution in [-0.2, 0) is 0 Å². The van der Waals surface area contributed by atoms with Crippen molar-refractivity contribution in [1.82, 2.24) is 10.6 Å². The number of hydrogen-bond acceptors (Lipinski definition) is 4. The van der Waals surface area contributed by atoms with E-state index in [0.29, 0.717) is 30.2 Å². The Labute approximate surface area is 133 Å². The van der Waals surface area contributed by atoms with Crippen molar-refractivity contribution in [2.45, 2.75) is 6.10 Å². The van der Waals surface area contributed by atoms with Gasteiger partial charge in [0.1, 0.15) is 5.58 Å². The standard InChI is InChI=1S/C14H15ClN2O3.ClH/c15-10-1-2-12-8(3-10)4-13(20-12)14(19)17-6-9-5-16-7-11(9)18;/h1-4,9,11,16,18H,5-7H2,(H,17,19);1H. The zero-order chi connectivity index (χ0) is 14.1. The number of nitrogens with one attached hydrogen (secondary N) is 2. The first-order valence-electron chi connectivity index (χ1n) is 6.49. The average Bonchev–Trinajstić information content (AvgIpc) is 3.01. The molecule has 1 aliphatic rings. The molecule has 1 aromatic heterocycles. The maximum atomic E-state index is 12.0. The van der Waals surface area contributed by atoms with Gasteiger partial charge >= 0.3 is 0 Å².